The molecule has 300 valence electrons. The Morgan fingerprint density at radius 2 is 1.49 bits per heavy atom. The molecule has 6 rings (SSSR count). The highest BCUT2D eigenvalue weighted by molar-refractivity contribution is 7.88. The van der Waals surface area contributed by atoms with Gasteiger partial charge in [-0.15, -0.1) is 0 Å². The zero-order chi connectivity index (χ0) is 39.2. The summed E-state index contributed by atoms with van der Waals surface area (Å²) < 4.78 is 32.1. The van der Waals surface area contributed by atoms with Gasteiger partial charge in [0.05, 0.1) is 19.1 Å². The average molecular weight is 759 g/mol. The van der Waals surface area contributed by atoms with E-state index in [0.29, 0.717) is 62.2 Å². The Morgan fingerprint density at radius 3 is 2.09 bits per heavy atom. The van der Waals surface area contributed by atoms with E-state index in [2.05, 4.69) is 48.1 Å². The third-order valence-corrected chi connectivity index (χ3v) is 18.6. The van der Waals surface area contributed by atoms with Crippen molar-refractivity contribution in [3.05, 3.63) is 12.2 Å². The molecule has 1 aliphatic heterocycles. The van der Waals surface area contributed by atoms with Gasteiger partial charge in [-0.1, -0.05) is 60.6 Å². The first-order chi connectivity index (χ1) is 24.4. The number of piperazine rings is 1. The monoisotopic (exact) mass is 758 g/mol. The molecular formula is C43H70N2O7S. The van der Waals surface area contributed by atoms with Crippen LogP contribution in [0.2, 0.25) is 0 Å². The lowest BCUT2D eigenvalue weighted by Crippen LogP contribution is -2.67. The van der Waals surface area contributed by atoms with Crippen LogP contribution in [0.25, 0.3) is 0 Å². The molecule has 0 aromatic carbocycles. The Kier molecular flexibility index (Phi) is 10.5. The molecule has 0 aromatic heterocycles. The number of aliphatic carboxylic acids is 1. The summed E-state index contributed by atoms with van der Waals surface area (Å²) >= 11 is 0. The van der Waals surface area contributed by atoms with Crippen LogP contribution in [-0.2, 0) is 29.1 Å². The van der Waals surface area contributed by atoms with Crippen molar-refractivity contribution in [1.29, 1.82) is 0 Å². The van der Waals surface area contributed by atoms with Crippen LogP contribution in [-0.4, -0.2) is 79.1 Å². The zero-order valence-corrected chi connectivity index (χ0v) is 35.2. The first-order valence-corrected chi connectivity index (χ1v) is 22.5. The number of fused-ring (bicyclic) bond motifs is 7. The molecule has 10 atom stereocenters. The number of esters is 1. The van der Waals surface area contributed by atoms with Crippen molar-refractivity contribution in [2.45, 2.75) is 145 Å². The fourth-order valence-corrected chi connectivity index (χ4v) is 15.3. The Bertz CT molecular complexity index is 1600. The predicted octanol–water partition coefficient (Wildman–Crippen LogP) is 7.94. The lowest BCUT2D eigenvalue weighted by molar-refractivity contribution is -0.250. The van der Waals surface area contributed by atoms with Crippen molar-refractivity contribution in [3.8, 4) is 0 Å². The highest BCUT2D eigenvalue weighted by Gasteiger charge is 2.71. The fourth-order valence-electron chi connectivity index (χ4n) is 14.5. The summed E-state index contributed by atoms with van der Waals surface area (Å²) in [5.41, 5.74) is 0.804. The highest BCUT2D eigenvalue weighted by Crippen LogP contribution is 2.78. The zero-order valence-electron chi connectivity index (χ0n) is 34.4. The summed E-state index contributed by atoms with van der Waals surface area (Å²) in [6.45, 7) is 24.5. The number of nitrogens with zero attached hydrogens (tertiary/aromatic N) is 2. The van der Waals surface area contributed by atoms with Gasteiger partial charge in [-0.2, -0.15) is 4.31 Å². The largest absolute Gasteiger partial charge is 0.481 e. The lowest BCUT2D eigenvalue weighted by Gasteiger charge is -2.73. The predicted molar refractivity (Wildman–Crippen MR) is 207 cm³/mol. The Morgan fingerprint density at radius 1 is 0.830 bits per heavy atom. The average Bonchev–Trinajstić information content (AvgIpc) is 3.41. The second kappa shape index (κ2) is 13.6. The van der Waals surface area contributed by atoms with E-state index in [1.165, 1.54) is 29.0 Å². The van der Waals surface area contributed by atoms with E-state index in [1.807, 2.05) is 18.7 Å². The number of hydrogen-bond acceptors (Lipinski definition) is 6. The van der Waals surface area contributed by atoms with Gasteiger partial charge in [-0.3, -0.25) is 14.4 Å². The number of carboxylic acid groups (broad SMARTS) is 1. The van der Waals surface area contributed by atoms with Crippen LogP contribution in [0.3, 0.4) is 0 Å². The summed E-state index contributed by atoms with van der Waals surface area (Å²) in [5.74, 6) is 1.38. The molecule has 1 saturated heterocycles. The quantitative estimate of drug-likeness (QED) is 0.187. The number of amides is 1. The normalized spacial score (nSPS) is 41.3. The van der Waals surface area contributed by atoms with Crippen molar-refractivity contribution in [3.63, 3.8) is 0 Å². The van der Waals surface area contributed by atoms with Gasteiger partial charge >= 0.3 is 11.9 Å². The van der Waals surface area contributed by atoms with Gasteiger partial charge in [0.2, 0.25) is 15.9 Å². The van der Waals surface area contributed by atoms with Crippen LogP contribution >= 0.6 is 0 Å². The van der Waals surface area contributed by atoms with Crippen LogP contribution in [0.15, 0.2) is 12.2 Å². The number of carbonyl (C=O) groups is 3. The van der Waals surface area contributed by atoms with Crippen LogP contribution in [0.1, 0.15) is 139 Å². The van der Waals surface area contributed by atoms with Crippen LogP contribution < -0.4 is 0 Å². The van der Waals surface area contributed by atoms with E-state index in [9.17, 15) is 27.9 Å². The summed E-state index contributed by atoms with van der Waals surface area (Å²) in [6, 6.07) is 0. The second-order valence-corrected chi connectivity index (χ2v) is 23.0. The smallest absolute Gasteiger partial charge is 0.306 e. The molecule has 0 radical (unpaired) electrons. The minimum Gasteiger partial charge on any atom is -0.481 e. The first-order valence-electron chi connectivity index (χ1n) is 20.7. The fraction of sp³-hybridized carbons (Fsp3) is 0.884. The van der Waals surface area contributed by atoms with E-state index >= 15 is 0 Å². The van der Waals surface area contributed by atoms with Crippen molar-refractivity contribution in [2.24, 2.45) is 62.1 Å². The van der Waals surface area contributed by atoms with Gasteiger partial charge in [0, 0.05) is 38.0 Å². The molecule has 53 heavy (non-hydrogen) atoms. The molecule has 0 unspecified atom stereocenters. The first kappa shape index (κ1) is 40.7. The van der Waals surface area contributed by atoms with E-state index < -0.39 is 21.4 Å². The van der Waals surface area contributed by atoms with E-state index in [-0.39, 0.29) is 57.9 Å². The number of carbonyl (C=O) groups excluding carboxylic acids is 2. The van der Waals surface area contributed by atoms with Crippen LogP contribution in [0.4, 0.5) is 0 Å². The summed E-state index contributed by atoms with van der Waals surface area (Å²) in [5, 5.41) is 9.35. The van der Waals surface area contributed by atoms with Crippen LogP contribution in [0, 0.1) is 62.1 Å². The summed E-state index contributed by atoms with van der Waals surface area (Å²) in [7, 11) is -3.26. The number of rotatable bonds is 9. The maximum atomic E-state index is 14.1. The standard InChI is InChI=1S/C43H70N2O7S/c1-28(2)29-13-18-43(25-34(46)44-21-23-45(24-22-44)53(10,50)51)20-19-41(8)30(37(29)43)11-12-32-40(7)16-15-33(39(5,6)31(40)14-17-42(32,41)9)52-36(49)27-38(3,4)26-35(47)48/h29-33,37H,1,11-27H2,2-10H3,(H,47,48)/t29-,30+,31-,32+,33-,37+,40-,41+,42+,43+/m0/s1. The molecule has 5 aliphatic carbocycles. The van der Waals surface area contributed by atoms with Gasteiger partial charge in [-0.05, 0) is 128 Å². The van der Waals surface area contributed by atoms with Crippen molar-refractivity contribution < 1.29 is 32.6 Å². The molecule has 0 aromatic rings. The molecule has 1 amide bonds. The van der Waals surface area contributed by atoms with Gasteiger partial charge in [-0.25, -0.2) is 8.42 Å². The molecule has 1 heterocycles. The highest BCUT2D eigenvalue weighted by atomic mass is 32.2. The lowest BCUT2D eigenvalue weighted by atomic mass is 9.32. The summed E-state index contributed by atoms with van der Waals surface area (Å²) in [6.07, 6.45) is 12.5. The number of hydrogen-bond donors (Lipinski definition) is 1. The maximum Gasteiger partial charge on any atom is 0.306 e. The molecule has 5 saturated carbocycles. The molecular weight excluding hydrogens is 689 g/mol. The van der Waals surface area contributed by atoms with E-state index in [1.54, 1.807) is 0 Å². The molecule has 9 nitrogen and oxygen atoms in total. The number of sulfonamides is 1. The number of allylic oxidation sites excluding steroid dienone is 1. The van der Waals surface area contributed by atoms with E-state index in [0.717, 1.165) is 51.4 Å². The summed E-state index contributed by atoms with van der Waals surface area (Å²) in [4.78, 5) is 40.7. The van der Waals surface area contributed by atoms with Gasteiger partial charge < -0.3 is 14.7 Å². The molecule has 6 fully saturated rings. The SMILES string of the molecule is C=C(C)[C@@H]1CC[C@]2(CC(=O)N3CCN(S(C)(=O)=O)CC3)CC[C@]3(C)[C@H](CC[C@@H]4[C@@]5(C)CC[C@H](OC(=O)CC(C)(C)CC(=O)O)C(C)(C)[C@@H]5CC[C@]43C)[C@@H]12. The van der Waals surface area contributed by atoms with Crippen molar-refractivity contribution in [2.75, 3.05) is 32.4 Å². The van der Waals surface area contributed by atoms with Crippen LogP contribution in [0.5, 0.6) is 0 Å². The minimum atomic E-state index is -3.26. The minimum absolute atomic E-state index is 0.0356. The molecule has 1 N–H and O–H groups in total. The van der Waals surface area contributed by atoms with Gasteiger partial charge in [0.15, 0.2) is 0 Å². The van der Waals surface area contributed by atoms with Gasteiger partial charge in [0.1, 0.15) is 6.10 Å². The Balaban J connectivity index is 1.21. The topological polar surface area (TPSA) is 121 Å². The van der Waals surface area contributed by atoms with Crippen molar-refractivity contribution >= 4 is 27.9 Å². The van der Waals surface area contributed by atoms with Gasteiger partial charge in [0.25, 0.3) is 0 Å². The third-order valence-electron chi connectivity index (χ3n) is 17.3. The third kappa shape index (κ3) is 6.84. The Labute approximate surface area is 320 Å². The molecule has 10 heteroatoms. The molecule has 0 bridgehead atoms. The molecule has 6 aliphatic rings. The second-order valence-electron chi connectivity index (χ2n) is 21.0. The molecule has 0 spiro atoms. The number of carboxylic acids is 1. The Hall–Kier alpha value is -1.94. The maximum absolute atomic E-state index is 14.1. The number of ether oxygens (including phenoxy) is 1. The van der Waals surface area contributed by atoms with E-state index in [4.69, 9.17) is 4.74 Å². The van der Waals surface area contributed by atoms with Crippen molar-refractivity contribution in [1.82, 2.24) is 9.21 Å².